The molecule has 2 N–H and O–H groups in total. The third kappa shape index (κ3) is 8.69. The summed E-state index contributed by atoms with van der Waals surface area (Å²) < 4.78 is 41.5. The van der Waals surface area contributed by atoms with Crippen LogP contribution in [0.1, 0.15) is 43.1 Å². The highest BCUT2D eigenvalue weighted by Crippen LogP contribution is 2.28. The molecule has 3 aromatic rings. The topological polar surface area (TPSA) is 110 Å². The van der Waals surface area contributed by atoms with Gasteiger partial charge >= 0.3 is 12.3 Å². The number of ketones is 2. The monoisotopic (exact) mass is 579 g/mol. The molecule has 0 heterocycles. The van der Waals surface area contributed by atoms with Crippen LogP contribution in [0.4, 0.5) is 13.2 Å². The normalized spacial score (nSPS) is 11.6. The highest BCUT2D eigenvalue weighted by Gasteiger charge is 2.31. The second kappa shape index (κ2) is 12.6. The van der Waals surface area contributed by atoms with Gasteiger partial charge in [0.1, 0.15) is 5.75 Å². The van der Waals surface area contributed by atoms with Crippen molar-refractivity contribution in [3.05, 3.63) is 105 Å². The molecule has 3 aromatic carbocycles. The van der Waals surface area contributed by atoms with Crippen molar-refractivity contribution < 1.29 is 42.2 Å². The number of Topliss-reactive ketones (excluding diaryl/α,β-unsaturated/α-hetero) is 1. The van der Waals surface area contributed by atoms with E-state index in [1.165, 1.54) is 54.6 Å². The molecule has 0 atom stereocenters. The first-order valence-corrected chi connectivity index (χ1v) is 11.8. The zero-order valence-electron chi connectivity index (χ0n) is 19.7. The van der Waals surface area contributed by atoms with Crippen molar-refractivity contribution in [2.45, 2.75) is 12.8 Å². The number of nitrogens with one attached hydrogen (secondary N) is 1. The Kier molecular flexibility index (Phi) is 9.50. The van der Waals surface area contributed by atoms with E-state index in [0.717, 1.165) is 18.2 Å². The van der Waals surface area contributed by atoms with Crippen LogP contribution in [0.5, 0.6) is 5.75 Å². The largest absolute Gasteiger partial charge is 0.573 e. The SMILES string of the molecule is O=C(O)CCNC(=O)c1ccc(C(=O)/C(=C\C(=O)c2cc(Cl)cc(Cl)c2)c2ccc(OC(F)(F)F)cc2)cc1. The summed E-state index contributed by atoms with van der Waals surface area (Å²) in [5.74, 6) is -3.47. The van der Waals surface area contributed by atoms with E-state index in [4.69, 9.17) is 28.3 Å². The fourth-order valence-electron chi connectivity index (χ4n) is 3.34. The first kappa shape index (κ1) is 29.4. The third-order valence-electron chi connectivity index (χ3n) is 5.10. The number of aliphatic carboxylic acids is 1. The number of benzene rings is 3. The Bertz CT molecular complexity index is 1420. The number of amides is 1. The van der Waals surface area contributed by atoms with Crippen molar-refractivity contribution in [1.82, 2.24) is 5.32 Å². The Labute approximate surface area is 229 Å². The maximum Gasteiger partial charge on any atom is 0.573 e. The smallest absolute Gasteiger partial charge is 0.481 e. The number of hydrogen-bond donors (Lipinski definition) is 2. The van der Waals surface area contributed by atoms with Crippen molar-refractivity contribution in [3.63, 3.8) is 0 Å². The lowest BCUT2D eigenvalue weighted by atomic mass is 9.94. The molecular weight excluding hydrogens is 562 g/mol. The minimum atomic E-state index is -4.92. The lowest BCUT2D eigenvalue weighted by Gasteiger charge is -2.11. The molecule has 0 spiro atoms. The van der Waals surface area contributed by atoms with Crippen molar-refractivity contribution in [2.75, 3.05) is 6.54 Å². The summed E-state index contributed by atoms with van der Waals surface area (Å²) in [6, 6.07) is 13.8. The van der Waals surface area contributed by atoms with E-state index < -0.39 is 35.6 Å². The number of rotatable bonds is 10. The van der Waals surface area contributed by atoms with Crippen LogP contribution in [0, 0.1) is 0 Å². The molecule has 0 bridgehead atoms. The van der Waals surface area contributed by atoms with E-state index in [0.29, 0.717) is 0 Å². The molecule has 0 saturated heterocycles. The molecule has 0 aliphatic carbocycles. The van der Waals surface area contributed by atoms with Crippen LogP contribution in [-0.4, -0.2) is 41.5 Å². The summed E-state index contributed by atoms with van der Waals surface area (Å²) in [5, 5.41) is 11.5. The van der Waals surface area contributed by atoms with Crippen molar-refractivity contribution in [2.24, 2.45) is 0 Å². The van der Waals surface area contributed by atoms with Crippen LogP contribution in [0.15, 0.2) is 72.8 Å². The molecule has 7 nitrogen and oxygen atoms in total. The van der Waals surface area contributed by atoms with Gasteiger partial charge in [0.2, 0.25) is 0 Å². The molecule has 3 rings (SSSR count). The number of carbonyl (C=O) groups excluding carboxylic acids is 3. The van der Waals surface area contributed by atoms with Gasteiger partial charge in [0, 0.05) is 38.9 Å². The second-order valence-electron chi connectivity index (χ2n) is 7.96. The van der Waals surface area contributed by atoms with E-state index in [9.17, 15) is 32.3 Å². The van der Waals surface area contributed by atoms with Crippen LogP contribution < -0.4 is 10.1 Å². The lowest BCUT2D eigenvalue weighted by molar-refractivity contribution is -0.274. The Hall–Kier alpha value is -4.15. The number of allylic oxidation sites excluding steroid dienone is 2. The molecule has 12 heteroatoms. The molecule has 0 aliphatic heterocycles. The van der Waals surface area contributed by atoms with Crippen LogP contribution >= 0.6 is 23.2 Å². The molecule has 0 fully saturated rings. The fraction of sp³-hybridized carbons (Fsp3) is 0.111. The van der Waals surface area contributed by atoms with E-state index in [2.05, 4.69) is 10.1 Å². The number of carbonyl (C=O) groups is 4. The fourth-order valence-corrected chi connectivity index (χ4v) is 3.87. The maximum atomic E-state index is 13.4. The molecular formula is C27H18Cl2F3NO6. The molecule has 0 aliphatic rings. The van der Waals surface area contributed by atoms with E-state index >= 15 is 0 Å². The number of halogens is 5. The van der Waals surface area contributed by atoms with Gasteiger partial charge in [-0.15, -0.1) is 13.2 Å². The van der Waals surface area contributed by atoms with E-state index in [1.54, 1.807) is 0 Å². The highest BCUT2D eigenvalue weighted by atomic mass is 35.5. The predicted octanol–water partition coefficient (Wildman–Crippen LogP) is 6.25. The van der Waals surface area contributed by atoms with E-state index in [-0.39, 0.29) is 50.8 Å². The summed E-state index contributed by atoms with van der Waals surface area (Å²) in [4.78, 5) is 49.2. The number of ether oxygens (including phenoxy) is 1. The van der Waals surface area contributed by atoms with Gasteiger partial charge in [0.05, 0.1) is 6.42 Å². The first-order valence-electron chi connectivity index (χ1n) is 11.1. The van der Waals surface area contributed by atoms with Crippen LogP contribution in [0.2, 0.25) is 10.0 Å². The summed E-state index contributed by atoms with van der Waals surface area (Å²) in [7, 11) is 0. The minimum Gasteiger partial charge on any atom is -0.481 e. The van der Waals surface area contributed by atoms with Crippen molar-refractivity contribution in [1.29, 1.82) is 0 Å². The molecule has 202 valence electrons. The van der Waals surface area contributed by atoms with Gasteiger partial charge in [0.25, 0.3) is 5.91 Å². The van der Waals surface area contributed by atoms with Crippen molar-refractivity contribution in [3.8, 4) is 5.75 Å². The van der Waals surface area contributed by atoms with Gasteiger partial charge in [-0.1, -0.05) is 47.5 Å². The average molecular weight is 580 g/mol. The molecule has 1 amide bonds. The molecule has 39 heavy (non-hydrogen) atoms. The number of hydrogen-bond acceptors (Lipinski definition) is 5. The number of carboxylic acids is 1. The number of alkyl halides is 3. The highest BCUT2D eigenvalue weighted by molar-refractivity contribution is 6.36. The third-order valence-corrected chi connectivity index (χ3v) is 5.54. The zero-order valence-corrected chi connectivity index (χ0v) is 21.2. The van der Waals surface area contributed by atoms with Crippen molar-refractivity contribution >= 4 is 52.2 Å². The van der Waals surface area contributed by atoms with Gasteiger partial charge in [-0.05, 0) is 54.1 Å². The Morgan fingerprint density at radius 1 is 0.821 bits per heavy atom. The minimum absolute atomic E-state index is 0.0656. The van der Waals surface area contributed by atoms with Gasteiger partial charge in [-0.2, -0.15) is 0 Å². The molecule has 0 saturated carbocycles. The summed E-state index contributed by atoms with van der Waals surface area (Å²) in [6.45, 7) is -0.0919. The van der Waals surface area contributed by atoms with Gasteiger partial charge in [-0.3, -0.25) is 19.2 Å². The summed E-state index contributed by atoms with van der Waals surface area (Å²) in [6.07, 6.45) is -4.18. The Morgan fingerprint density at radius 3 is 1.90 bits per heavy atom. The maximum absolute atomic E-state index is 13.4. The second-order valence-corrected chi connectivity index (χ2v) is 8.83. The zero-order chi connectivity index (χ0) is 28.7. The van der Waals surface area contributed by atoms with Gasteiger partial charge in [-0.25, -0.2) is 0 Å². The van der Waals surface area contributed by atoms with Crippen LogP contribution in [0.25, 0.3) is 5.57 Å². The van der Waals surface area contributed by atoms with Gasteiger partial charge < -0.3 is 15.2 Å². The summed E-state index contributed by atoms with van der Waals surface area (Å²) >= 11 is 11.9. The Balaban J connectivity index is 1.95. The number of carboxylic acid groups (broad SMARTS) is 1. The quantitative estimate of drug-likeness (QED) is 0.217. The average Bonchev–Trinajstić information content (AvgIpc) is 2.85. The summed E-state index contributed by atoms with van der Waals surface area (Å²) in [5.41, 5.74) is 0.250. The van der Waals surface area contributed by atoms with E-state index in [1.807, 2.05) is 0 Å². The first-order chi connectivity index (χ1) is 18.3. The predicted molar refractivity (Wildman–Crippen MR) is 137 cm³/mol. The lowest BCUT2D eigenvalue weighted by Crippen LogP contribution is -2.26. The Morgan fingerprint density at radius 2 is 1.36 bits per heavy atom. The van der Waals surface area contributed by atoms with Crippen LogP contribution in [-0.2, 0) is 4.79 Å². The van der Waals surface area contributed by atoms with Gasteiger partial charge in [0.15, 0.2) is 11.6 Å². The standard InChI is InChI=1S/C27H18Cl2F3NO6/c28-19-11-18(12-20(29)13-19)23(34)14-22(15-5-7-21(8-6-15)39-27(30,31)32)25(37)16-1-3-17(4-2-16)26(38)33-10-9-24(35)36/h1-8,11-14H,9-10H2,(H,33,38)(H,35,36)/b22-14-. The molecule has 0 aromatic heterocycles. The van der Waals surface area contributed by atoms with Crippen LogP contribution in [0.3, 0.4) is 0 Å². The molecule has 0 radical (unpaired) electrons. The molecule has 0 unspecified atom stereocenters.